The molecule has 1 aliphatic carbocycles. The molecule has 1 saturated heterocycles. The van der Waals surface area contributed by atoms with E-state index in [1.807, 2.05) is 0 Å². The van der Waals surface area contributed by atoms with Crippen LogP contribution in [-0.2, 0) is 4.79 Å². The molecule has 0 atom stereocenters. The van der Waals surface area contributed by atoms with Gasteiger partial charge in [-0.25, -0.2) is 0 Å². The third-order valence-electron chi connectivity index (χ3n) is 2.80. The van der Waals surface area contributed by atoms with Crippen LogP contribution >= 0.6 is 27.7 Å². The molecule has 2 fully saturated rings. The fourth-order valence-corrected chi connectivity index (χ4v) is 3.05. The van der Waals surface area contributed by atoms with Crippen molar-refractivity contribution in [3.63, 3.8) is 0 Å². The normalized spacial score (nSPS) is 25.4. The molecule has 0 bridgehead atoms. The molecule has 78 valence electrons. The van der Waals surface area contributed by atoms with Gasteiger partial charge in [-0.05, 0) is 18.3 Å². The molecule has 2 rings (SSSR count). The summed E-state index contributed by atoms with van der Waals surface area (Å²) in [6, 6.07) is 0. The van der Waals surface area contributed by atoms with Gasteiger partial charge in [0.15, 0.2) is 0 Å². The zero-order valence-corrected chi connectivity index (χ0v) is 10.2. The second-order valence-electron chi connectivity index (χ2n) is 3.98. The molecule has 0 aromatic heterocycles. The largest absolute Gasteiger partial charge is 0.288 e. The number of carbonyl (C=O) groups excluding carboxylic acids is 2. The lowest BCUT2D eigenvalue weighted by atomic mass is 10.1. The van der Waals surface area contributed by atoms with E-state index < -0.39 is 0 Å². The monoisotopic (exact) mass is 277 g/mol. The summed E-state index contributed by atoms with van der Waals surface area (Å²) in [5.74, 6) is 0.649. The zero-order chi connectivity index (χ0) is 10.2. The number of carbonyl (C=O) groups is 2. The van der Waals surface area contributed by atoms with Gasteiger partial charge in [0.05, 0.1) is 0 Å². The maximum absolute atomic E-state index is 11.5. The molecule has 1 aliphatic heterocycles. The Morgan fingerprint density at radius 3 is 2.64 bits per heavy atom. The van der Waals surface area contributed by atoms with Gasteiger partial charge in [0.2, 0.25) is 5.91 Å². The topological polar surface area (TPSA) is 37.4 Å². The standard InChI is InChI=1S/C9H12BrNO2S/c10-5-9(2-3-9)6-11-7(12)1-4-14-8(11)13/h1-6H2. The smallest absolute Gasteiger partial charge is 0.274 e. The summed E-state index contributed by atoms with van der Waals surface area (Å²) >= 11 is 4.70. The Morgan fingerprint density at radius 2 is 2.14 bits per heavy atom. The van der Waals surface area contributed by atoms with Crippen molar-refractivity contribution in [2.45, 2.75) is 19.3 Å². The van der Waals surface area contributed by atoms with Gasteiger partial charge >= 0.3 is 0 Å². The van der Waals surface area contributed by atoms with E-state index in [0.717, 1.165) is 18.2 Å². The van der Waals surface area contributed by atoms with Crippen molar-refractivity contribution in [3.05, 3.63) is 0 Å². The van der Waals surface area contributed by atoms with Gasteiger partial charge in [0, 0.05) is 24.0 Å². The Bertz CT molecular complexity index is 262. The third-order valence-corrected chi connectivity index (χ3v) is 4.86. The van der Waals surface area contributed by atoms with Gasteiger partial charge in [-0.1, -0.05) is 27.7 Å². The number of halogens is 1. The van der Waals surface area contributed by atoms with Crippen molar-refractivity contribution in [2.24, 2.45) is 5.41 Å². The quantitative estimate of drug-likeness (QED) is 0.743. The molecule has 14 heavy (non-hydrogen) atoms. The van der Waals surface area contributed by atoms with Gasteiger partial charge in [-0.2, -0.15) is 0 Å². The molecule has 2 aliphatic rings. The molecule has 0 aromatic rings. The highest BCUT2D eigenvalue weighted by Gasteiger charge is 2.45. The summed E-state index contributed by atoms with van der Waals surface area (Å²) in [5, 5.41) is 0.829. The molecule has 2 amide bonds. The van der Waals surface area contributed by atoms with Crippen LogP contribution in [-0.4, -0.2) is 33.7 Å². The number of imide groups is 1. The summed E-state index contributed by atoms with van der Waals surface area (Å²) in [6.07, 6.45) is 2.76. The first-order chi connectivity index (χ1) is 6.67. The second kappa shape index (κ2) is 3.85. The third kappa shape index (κ3) is 1.98. The maximum Gasteiger partial charge on any atom is 0.288 e. The van der Waals surface area contributed by atoms with E-state index in [1.165, 1.54) is 16.7 Å². The van der Waals surface area contributed by atoms with Gasteiger partial charge in [0.25, 0.3) is 5.24 Å². The predicted octanol–water partition coefficient (Wildman–Crippen LogP) is 2.25. The summed E-state index contributed by atoms with van der Waals surface area (Å²) in [6.45, 7) is 0.614. The van der Waals surface area contributed by atoms with Crippen LogP contribution in [0, 0.1) is 5.41 Å². The lowest BCUT2D eigenvalue weighted by Crippen LogP contribution is -2.42. The Balaban J connectivity index is 2.01. The van der Waals surface area contributed by atoms with E-state index in [0.29, 0.717) is 18.7 Å². The Labute approximate surface area is 95.7 Å². The van der Waals surface area contributed by atoms with E-state index >= 15 is 0 Å². The van der Waals surface area contributed by atoms with Crippen molar-refractivity contribution >= 4 is 38.8 Å². The molecule has 0 spiro atoms. The first kappa shape index (κ1) is 10.5. The average molecular weight is 278 g/mol. The Kier molecular flexibility index (Phi) is 2.88. The van der Waals surface area contributed by atoms with Gasteiger partial charge in [0.1, 0.15) is 0 Å². The fourth-order valence-electron chi connectivity index (χ4n) is 1.54. The molecule has 0 radical (unpaired) electrons. The molecule has 1 heterocycles. The minimum atomic E-state index is -0.0616. The number of thioether (sulfide) groups is 1. The van der Waals surface area contributed by atoms with E-state index in [4.69, 9.17) is 0 Å². The van der Waals surface area contributed by atoms with Crippen molar-refractivity contribution in [1.29, 1.82) is 0 Å². The van der Waals surface area contributed by atoms with Crippen LogP contribution in [0.15, 0.2) is 0 Å². The molecular weight excluding hydrogens is 266 g/mol. The molecule has 5 heteroatoms. The maximum atomic E-state index is 11.5. The van der Waals surface area contributed by atoms with Crippen LogP contribution in [0.3, 0.4) is 0 Å². The molecule has 0 unspecified atom stereocenters. The minimum absolute atomic E-state index is 0.000903. The van der Waals surface area contributed by atoms with Crippen molar-refractivity contribution < 1.29 is 9.59 Å². The van der Waals surface area contributed by atoms with E-state index in [1.54, 1.807) is 0 Å². The average Bonchev–Trinajstić information content (AvgIpc) is 2.93. The molecule has 1 saturated carbocycles. The van der Waals surface area contributed by atoms with Gasteiger partial charge < -0.3 is 0 Å². The number of hydrogen-bond donors (Lipinski definition) is 0. The highest BCUT2D eigenvalue weighted by atomic mass is 79.9. The first-order valence-corrected chi connectivity index (χ1v) is 6.81. The molecule has 3 nitrogen and oxygen atoms in total. The number of amides is 2. The first-order valence-electron chi connectivity index (χ1n) is 4.70. The van der Waals surface area contributed by atoms with E-state index in [-0.39, 0.29) is 16.6 Å². The Morgan fingerprint density at radius 1 is 1.43 bits per heavy atom. The van der Waals surface area contributed by atoms with Gasteiger partial charge in [-0.3, -0.25) is 14.5 Å². The summed E-state index contributed by atoms with van der Waals surface area (Å²) in [7, 11) is 0. The summed E-state index contributed by atoms with van der Waals surface area (Å²) in [5.41, 5.74) is 0.198. The number of rotatable bonds is 3. The van der Waals surface area contributed by atoms with Crippen LogP contribution in [0.5, 0.6) is 0 Å². The zero-order valence-electron chi connectivity index (χ0n) is 7.79. The van der Waals surface area contributed by atoms with Gasteiger partial charge in [-0.15, -0.1) is 0 Å². The Hall–Kier alpha value is -0.0300. The number of alkyl halides is 1. The highest BCUT2D eigenvalue weighted by Crippen LogP contribution is 2.48. The van der Waals surface area contributed by atoms with Crippen molar-refractivity contribution in [1.82, 2.24) is 4.90 Å². The van der Waals surface area contributed by atoms with E-state index in [2.05, 4.69) is 15.9 Å². The fraction of sp³-hybridized carbons (Fsp3) is 0.778. The molecule has 0 aromatic carbocycles. The highest BCUT2D eigenvalue weighted by molar-refractivity contribution is 9.09. The molecule has 0 N–H and O–H groups in total. The SMILES string of the molecule is O=C1CCSC(=O)N1CC1(CBr)CC1. The number of nitrogens with zero attached hydrogens (tertiary/aromatic N) is 1. The lowest BCUT2D eigenvalue weighted by molar-refractivity contribution is -0.128. The van der Waals surface area contributed by atoms with E-state index in [9.17, 15) is 9.59 Å². The van der Waals surface area contributed by atoms with Crippen LogP contribution < -0.4 is 0 Å². The van der Waals surface area contributed by atoms with Crippen LogP contribution in [0.25, 0.3) is 0 Å². The van der Waals surface area contributed by atoms with Crippen molar-refractivity contribution in [2.75, 3.05) is 17.6 Å². The van der Waals surface area contributed by atoms with Crippen molar-refractivity contribution in [3.8, 4) is 0 Å². The minimum Gasteiger partial charge on any atom is -0.274 e. The second-order valence-corrected chi connectivity index (χ2v) is 5.58. The summed E-state index contributed by atoms with van der Waals surface area (Å²) < 4.78 is 0. The number of hydrogen-bond acceptors (Lipinski definition) is 3. The summed E-state index contributed by atoms with van der Waals surface area (Å²) in [4.78, 5) is 24.4. The van der Waals surface area contributed by atoms with Crippen LogP contribution in [0.4, 0.5) is 4.79 Å². The van der Waals surface area contributed by atoms with Crippen LogP contribution in [0.2, 0.25) is 0 Å². The van der Waals surface area contributed by atoms with Crippen LogP contribution in [0.1, 0.15) is 19.3 Å². The lowest BCUT2D eigenvalue weighted by Gasteiger charge is -2.27. The molecular formula is C9H12BrNO2S. The predicted molar refractivity (Wildman–Crippen MR) is 59.6 cm³/mol.